The molecule has 0 radical (unpaired) electrons. The third-order valence-electron chi connectivity index (χ3n) is 3.90. The number of halogens is 1. The molecular weight excluding hydrogens is 320 g/mol. The maximum Gasteiger partial charge on any atom is 0.221 e. The van der Waals surface area contributed by atoms with Gasteiger partial charge >= 0.3 is 0 Å². The van der Waals surface area contributed by atoms with Crippen molar-refractivity contribution >= 4 is 23.2 Å². The van der Waals surface area contributed by atoms with Crippen molar-refractivity contribution in [3.05, 3.63) is 64.7 Å². The summed E-state index contributed by atoms with van der Waals surface area (Å²) in [6.45, 7) is 5.62. The molecule has 0 aliphatic carbocycles. The maximum atomic E-state index is 11.9. The Hall–Kier alpha value is -2.00. The zero-order valence-corrected chi connectivity index (χ0v) is 15.1. The smallest absolute Gasteiger partial charge is 0.221 e. The van der Waals surface area contributed by atoms with Gasteiger partial charge in [0.05, 0.1) is 0 Å². The van der Waals surface area contributed by atoms with Crippen molar-refractivity contribution in [1.82, 2.24) is 5.32 Å². The Labute approximate surface area is 149 Å². The second-order valence-electron chi connectivity index (χ2n) is 6.15. The molecule has 4 heteroatoms. The third kappa shape index (κ3) is 5.89. The standard InChI is InChI=1S/C20H25ClN2O/c1-15(2)18-5-3-4-6-19(18)22-14-12-20(24)23-13-11-16-7-9-17(21)10-8-16/h3-10,15,22H,11-14H2,1-2H3,(H,23,24). The molecule has 0 unspecified atom stereocenters. The summed E-state index contributed by atoms with van der Waals surface area (Å²) in [5, 5.41) is 7.05. The number of carbonyl (C=O) groups is 1. The lowest BCUT2D eigenvalue weighted by atomic mass is 10.0. The molecule has 0 atom stereocenters. The summed E-state index contributed by atoms with van der Waals surface area (Å²) in [6.07, 6.45) is 1.28. The fourth-order valence-corrected chi connectivity index (χ4v) is 2.68. The number of amides is 1. The Balaban J connectivity index is 1.69. The van der Waals surface area contributed by atoms with Crippen molar-refractivity contribution in [3.8, 4) is 0 Å². The van der Waals surface area contributed by atoms with Crippen molar-refractivity contribution in [3.63, 3.8) is 0 Å². The van der Waals surface area contributed by atoms with E-state index < -0.39 is 0 Å². The molecule has 128 valence electrons. The average molecular weight is 345 g/mol. The summed E-state index contributed by atoms with van der Waals surface area (Å²) in [4.78, 5) is 11.9. The zero-order valence-electron chi connectivity index (χ0n) is 14.3. The van der Waals surface area contributed by atoms with Gasteiger partial charge < -0.3 is 10.6 Å². The third-order valence-corrected chi connectivity index (χ3v) is 4.15. The first-order chi connectivity index (χ1) is 11.6. The van der Waals surface area contributed by atoms with Gasteiger partial charge in [-0.05, 0) is 41.7 Å². The van der Waals surface area contributed by atoms with E-state index in [1.54, 1.807) is 0 Å². The van der Waals surface area contributed by atoms with Gasteiger partial charge in [-0.3, -0.25) is 4.79 Å². The highest BCUT2D eigenvalue weighted by molar-refractivity contribution is 6.30. The van der Waals surface area contributed by atoms with Crippen LogP contribution in [0, 0.1) is 0 Å². The van der Waals surface area contributed by atoms with E-state index in [0.29, 0.717) is 25.4 Å². The van der Waals surface area contributed by atoms with E-state index >= 15 is 0 Å². The average Bonchev–Trinajstić information content (AvgIpc) is 2.57. The van der Waals surface area contributed by atoms with E-state index in [9.17, 15) is 4.79 Å². The number of anilines is 1. The minimum absolute atomic E-state index is 0.0680. The Kier molecular flexibility index (Phi) is 7.13. The quantitative estimate of drug-likeness (QED) is 0.733. The van der Waals surface area contributed by atoms with Gasteiger partial charge in [-0.2, -0.15) is 0 Å². The van der Waals surface area contributed by atoms with Gasteiger partial charge in [0.15, 0.2) is 0 Å². The summed E-state index contributed by atoms with van der Waals surface area (Å²) in [5.41, 5.74) is 3.56. The lowest BCUT2D eigenvalue weighted by Crippen LogP contribution is -2.27. The summed E-state index contributed by atoms with van der Waals surface area (Å²) in [5.74, 6) is 0.528. The van der Waals surface area contributed by atoms with E-state index in [2.05, 4.69) is 36.6 Å². The Morgan fingerprint density at radius 3 is 2.46 bits per heavy atom. The van der Waals surface area contributed by atoms with Crippen LogP contribution in [0.15, 0.2) is 48.5 Å². The van der Waals surface area contributed by atoms with Gasteiger partial charge in [0, 0.05) is 30.2 Å². The topological polar surface area (TPSA) is 41.1 Å². The van der Waals surface area contributed by atoms with E-state index in [1.165, 1.54) is 11.1 Å². The highest BCUT2D eigenvalue weighted by Gasteiger charge is 2.06. The van der Waals surface area contributed by atoms with Crippen molar-refractivity contribution in [1.29, 1.82) is 0 Å². The molecule has 2 N–H and O–H groups in total. The molecule has 0 saturated heterocycles. The van der Waals surface area contributed by atoms with Crippen molar-refractivity contribution in [2.24, 2.45) is 0 Å². The predicted octanol–water partition coefficient (Wildman–Crippen LogP) is 4.62. The van der Waals surface area contributed by atoms with Crippen molar-refractivity contribution in [2.45, 2.75) is 32.6 Å². The number of benzene rings is 2. The molecule has 0 saturated carbocycles. The largest absolute Gasteiger partial charge is 0.384 e. The van der Waals surface area contributed by atoms with Crippen LogP contribution in [-0.4, -0.2) is 19.0 Å². The maximum absolute atomic E-state index is 11.9. The van der Waals surface area contributed by atoms with Crippen molar-refractivity contribution in [2.75, 3.05) is 18.4 Å². The van der Waals surface area contributed by atoms with Crippen LogP contribution in [0.25, 0.3) is 0 Å². The second kappa shape index (κ2) is 9.33. The predicted molar refractivity (Wildman–Crippen MR) is 102 cm³/mol. The van der Waals surface area contributed by atoms with Crippen LogP contribution in [0.2, 0.25) is 5.02 Å². The van der Waals surface area contributed by atoms with Crippen molar-refractivity contribution < 1.29 is 4.79 Å². The van der Waals surface area contributed by atoms with Crippen LogP contribution in [0.4, 0.5) is 5.69 Å². The van der Waals surface area contributed by atoms with Crippen LogP contribution in [0.1, 0.15) is 37.3 Å². The fraction of sp³-hybridized carbons (Fsp3) is 0.350. The minimum Gasteiger partial charge on any atom is -0.384 e. The van der Waals surface area contributed by atoms with Gasteiger partial charge in [-0.15, -0.1) is 0 Å². The minimum atomic E-state index is 0.0680. The number of hydrogen-bond donors (Lipinski definition) is 2. The molecule has 2 rings (SSSR count). The lowest BCUT2D eigenvalue weighted by molar-refractivity contribution is -0.120. The van der Waals surface area contributed by atoms with E-state index in [-0.39, 0.29) is 5.91 Å². The molecular formula is C20H25ClN2O. The number of nitrogens with one attached hydrogen (secondary N) is 2. The summed E-state index contributed by atoms with van der Waals surface area (Å²) >= 11 is 5.86. The molecule has 24 heavy (non-hydrogen) atoms. The van der Waals surface area contributed by atoms with E-state index in [1.807, 2.05) is 36.4 Å². The summed E-state index contributed by atoms with van der Waals surface area (Å²) in [7, 11) is 0. The SMILES string of the molecule is CC(C)c1ccccc1NCCC(=O)NCCc1ccc(Cl)cc1. The molecule has 0 aromatic heterocycles. The molecule has 0 spiro atoms. The van der Waals surface area contributed by atoms with Gasteiger partial charge in [0.1, 0.15) is 0 Å². The number of rotatable bonds is 8. The van der Waals surface area contributed by atoms with Gasteiger partial charge in [0.2, 0.25) is 5.91 Å². The van der Waals surface area contributed by atoms with Crippen LogP contribution in [0.3, 0.4) is 0 Å². The van der Waals surface area contributed by atoms with Crippen LogP contribution in [-0.2, 0) is 11.2 Å². The molecule has 0 bridgehead atoms. The molecule has 1 amide bonds. The molecule has 2 aromatic rings. The fourth-order valence-electron chi connectivity index (χ4n) is 2.56. The highest BCUT2D eigenvalue weighted by atomic mass is 35.5. The zero-order chi connectivity index (χ0) is 17.4. The van der Waals surface area contributed by atoms with Gasteiger partial charge in [-0.25, -0.2) is 0 Å². The first-order valence-corrected chi connectivity index (χ1v) is 8.78. The molecule has 2 aromatic carbocycles. The molecule has 3 nitrogen and oxygen atoms in total. The number of carbonyl (C=O) groups excluding carboxylic acids is 1. The van der Waals surface area contributed by atoms with E-state index in [0.717, 1.165) is 17.1 Å². The molecule has 0 aliphatic heterocycles. The van der Waals surface area contributed by atoms with E-state index in [4.69, 9.17) is 11.6 Å². The number of para-hydroxylation sites is 1. The Morgan fingerprint density at radius 2 is 1.75 bits per heavy atom. The summed E-state index contributed by atoms with van der Waals surface area (Å²) in [6, 6.07) is 16.0. The Bertz CT molecular complexity index is 653. The molecule has 0 aliphatic rings. The molecule has 0 fully saturated rings. The normalized spacial score (nSPS) is 10.7. The van der Waals surface area contributed by atoms with Crippen LogP contribution < -0.4 is 10.6 Å². The number of hydrogen-bond acceptors (Lipinski definition) is 2. The van der Waals surface area contributed by atoms with Crippen LogP contribution in [0.5, 0.6) is 0 Å². The first kappa shape index (κ1) is 18.3. The van der Waals surface area contributed by atoms with Gasteiger partial charge in [-0.1, -0.05) is 55.8 Å². The Morgan fingerprint density at radius 1 is 1.04 bits per heavy atom. The first-order valence-electron chi connectivity index (χ1n) is 8.40. The highest BCUT2D eigenvalue weighted by Crippen LogP contribution is 2.23. The van der Waals surface area contributed by atoms with Crippen LogP contribution >= 0.6 is 11.6 Å². The summed E-state index contributed by atoms with van der Waals surface area (Å²) < 4.78 is 0. The van der Waals surface area contributed by atoms with Gasteiger partial charge in [0.25, 0.3) is 0 Å². The monoisotopic (exact) mass is 344 g/mol. The lowest BCUT2D eigenvalue weighted by Gasteiger charge is -2.14. The second-order valence-corrected chi connectivity index (χ2v) is 6.58. The molecule has 0 heterocycles.